The molecule has 0 fully saturated rings. The molecule has 0 aliphatic carbocycles. The average Bonchev–Trinajstić information content (AvgIpc) is 2.83. The van der Waals surface area contributed by atoms with Crippen LogP contribution in [0.1, 0.15) is 43.0 Å². The van der Waals surface area contributed by atoms with E-state index < -0.39 is 11.9 Å². The van der Waals surface area contributed by atoms with E-state index in [0.717, 1.165) is 11.3 Å². The highest BCUT2D eigenvalue weighted by Crippen LogP contribution is 2.36. The van der Waals surface area contributed by atoms with Crippen molar-refractivity contribution in [1.82, 2.24) is 0 Å². The van der Waals surface area contributed by atoms with Crippen molar-refractivity contribution in [3.63, 3.8) is 0 Å². The molecule has 35 heavy (non-hydrogen) atoms. The molecule has 3 aromatic carbocycles. The van der Waals surface area contributed by atoms with Crippen LogP contribution in [0.25, 0.3) is 0 Å². The number of hydrogen-bond donors (Lipinski definition) is 1. The Bertz CT molecular complexity index is 1220. The third kappa shape index (κ3) is 5.48. The highest BCUT2D eigenvalue weighted by Gasteiger charge is 2.24. The zero-order valence-electron chi connectivity index (χ0n) is 20.6. The van der Waals surface area contributed by atoms with Crippen molar-refractivity contribution >= 4 is 11.9 Å². The van der Waals surface area contributed by atoms with Gasteiger partial charge in [-0.3, -0.25) is 0 Å². The van der Waals surface area contributed by atoms with Crippen molar-refractivity contribution in [3.8, 4) is 28.7 Å². The van der Waals surface area contributed by atoms with Crippen LogP contribution in [0.5, 0.6) is 28.7 Å². The Morgan fingerprint density at radius 2 is 1.46 bits per heavy atom. The summed E-state index contributed by atoms with van der Waals surface area (Å²) in [6.45, 7) is 5.47. The lowest BCUT2D eigenvalue weighted by Gasteiger charge is -2.18. The fraction of sp³-hybridized carbons (Fsp3) is 0.259. The van der Waals surface area contributed by atoms with Gasteiger partial charge in [0.15, 0.2) is 0 Å². The molecule has 3 rings (SSSR count). The second-order valence-electron chi connectivity index (χ2n) is 7.88. The Balaban J connectivity index is 1.86. The SMILES string of the molecule is COC(=O)c1c(C)cc(OC(=O)c2c(C)cc(OCc3ccc(OC)cc3)c(C)c2OC)cc1O. The molecule has 0 aromatic heterocycles. The summed E-state index contributed by atoms with van der Waals surface area (Å²) >= 11 is 0. The van der Waals surface area contributed by atoms with Crippen molar-refractivity contribution < 1.29 is 38.4 Å². The van der Waals surface area contributed by atoms with E-state index in [1.165, 1.54) is 26.4 Å². The molecular formula is C27H28O8. The summed E-state index contributed by atoms with van der Waals surface area (Å²) in [5.41, 5.74) is 2.83. The molecule has 1 N–H and O–H groups in total. The van der Waals surface area contributed by atoms with Crippen LogP contribution in [0, 0.1) is 20.8 Å². The summed E-state index contributed by atoms with van der Waals surface area (Å²) in [7, 11) is 4.29. The molecule has 3 aromatic rings. The van der Waals surface area contributed by atoms with Gasteiger partial charge in [0, 0.05) is 11.6 Å². The number of aryl methyl sites for hydroxylation is 2. The topological polar surface area (TPSA) is 101 Å². The monoisotopic (exact) mass is 480 g/mol. The summed E-state index contributed by atoms with van der Waals surface area (Å²) in [5.74, 6) is 0.0339. The van der Waals surface area contributed by atoms with E-state index in [2.05, 4.69) is 4.74 Å². The number of methoxy groups -OCH3 is 3. The molecule has 8 heteroatoms. The first-order chi connectivity index (χ1) is 16.7. The van der Waals surface area contributed by atoms with Crippen LogP contribution in [0.3, 0.4) is 0 Å². The fourth-order valence-electron chi connectivity index (χ4n) is 3.72. The first kappa shape index (κ1) is 25.4. The van der Waals surface area contributed by atoms with Gasteiger partial charge in [-0.1, -0.05) is 12.1 Å². The van der Waals surface area contributed by atoms with Crippen molar-refractivity contribution in [1.29, 1.82) is 0 Å². The first-order valence-corrected chi connectivity index (χ1v) is 10.8. The molecular weight excluding hydrogens is 452 g/mol. The minimum Gasteiger partial charge on any atom is -0.507 e. The average molecular weight is 481 g/mol. The molecule has 0 amide bonds. The number of benzene rings is 3. The number of phenolic OH excluding ortho intramolecular Hbond substituents is 1. The lowest BCUT2D eigenvalue weighted by molar-refractivity contribution is 0.0596. The lowest BCUT2D eigenvalue weighted by atomic mass is 10.0. The predicted octanol–water partition coefficient (Wildman–Crippen LogP) is 4.92. The number of aromatic hydroxyl groups is 1. The van der Waals surface area contributed by atoms with Gasteiger partial charge in [0.25, 0.3) is 0 Å². The van der Waals surface area contributed by atoms with Crippen molar-refractivity contribution in [2.75, 3.05) is 21.3 Å². The summed E-state index contributed by atoms with van der Waals surface area (Å²) in [6.07, 6.45) is 0. The van der Waals surface area contributed by atoms with Gasteiger partial charge in [-0.05, 0) is 61.7 Å². The molecule has 8 nitrogen and oxygen atoms in total. The molecule has 0 heterocycles. The lowest BCUT2D eigenvalue weighted by Crippen LogP contribution is -2.14. The molecule has 0 saturated carbocycles. The minimum absolute atomic E-state index is 0.00951. The smallest absolute Gasteiger partial charge is 0.347 e. The van der Waals surface area contributed by atoms with E-state index in [0.29, 0.717) is 34.8 Å². The summed E-state index contributed by atoms with van der Waals surface area (Å²) < 4.78 is 26.9. The van der Waals surface area contributed by atoms with Crippen LogP contribution < -0.4 is 18.9 Å². The van der Waals surface area contributed by atoms with Crippen LogP contribution in [0.4, 0.5) is 0 Å². The molecule has 0 saturated heterocycles. The molecule has 0 unspecified atom stereocenters. The zero-order chi connectivity index (χ0) is 25.7. The largest absolute Gasteiger partial charge is 0.507 e. The van der Waals surface area contributed by atoms with Gasteiger partial charge in [0.05, 0.1) is 21.3 Å². The molecule has 0 spiro atoms. The summed E-state index contributed by atoms with van der Waals surface area (Å²) in [4.78, 5) is 24.9. The van der Waals surface area contributed by atoms with E-state index in [-0.39, 0.29) is 22.6 Å². The maximum atomic E-state index is 13.1. The quantitative estimate of drug-likeness (QED) is 0.358. The molecule has 184 valence electrons. The van der Waals surface area contributed by atoms with E-state index in [1.54, 1.807) is 33.9 Å². The van der Waals surface area contributed by atoms with Crippen molar-refractivity contribution in [3.05, 3.63) is 75.8 Å². The second kappa shape index (κ2) is 10.8. The molecule has 0 bridgehead atoms. The summed E-state index contributed by atoms with van der Waals surface area (Å²) in [6, 6.07) is 11.9. The standard InChI is InChI=1S/C27H28O8/c1-15-11-20(13-21(28)23(15)26(29)33-6)35-27(30)24-16(2)12-22(17(3)25(24)32-5)34-14-18-7-9-19(31-4)10-8-18/h7-13,28H,14H2,1-6H3. The van der Waals surface area contributed by atoms with E-state index in [4.69, 9.17) is 18.9 Å². The second-order valence-corrected chi connectivity index (χ2v) is 7.88. The summed E-state index contributed by atoms with van der Waals surface area (Å²) in [5, 5.41) is 10.2. The van der Waals surface area contributed by atoms with Crippen molar-refractivity contribution in [2.24, 2.45) is 0 Å². The number of carbonyl (C=O) groups is 2. The van der Waals surface area contributed by atoms with Crippen LogP contribution in [0.15, 0.2) is 42.5 Å². The Labute approximate surface area is 204 Å². The van der Waals surface area contributed by atoms with E-state index in [1.807, 2.05) is 24.3 Å². The predicted molar refractivity (Wildman–Crippen MR) is 129 cm³/mol. The highest BCUT2D eigenvalue weighted by atomic mass is 16.5. The number of ether oxygens (including phenoxy) is 5. The van der Waals surface area contributed by atoms with Gasteiger partial charge in [0.2, 0.25) is 0 Å². The van der Waals surface area contributed by atoms with Gasteiger partial charge >= 0.3 is 11.9 Å². The Morgan fingerprint density at radius 3 is 2.03 bits per heavy atom. The third-order valence-corrected chi connectivity index (χ3v) is 5.53. The third-order valence-electron chi connectivity index (χ3n) is 5.53. The van der Waals surface area contributed by atoms with Gasteiger partial charge in [-0.2, -0.15) is 0 Å². The highest BCUT2D eigenvalue weighted by molar-refractivity contribution is 5.97. The Morgan fingerprint density at radius 1 is 0.800 bits per heavy atom. The maximum absolute atomic E-state index is 13.1. The van der Waals surface area contributed by atoms with Crippen LogP contribution >= 0.6 is 0 Å². The number of hydrogen-bond acceptors (Lipinski definition) is 8. The number of phenols is 1. The van der Waals surface area contributed by atoms with Gasteiger partial charge < -0.3 is 28.8 Å². The number of rotatable bonds is 8. The fourth-order valence-corrected chi connectivity index (χ4v) is 3.72. The van der Waals surface area contributed by atoms with E-state index >= 15 is 0 Å². The molecule has 0 atom stereocenters. The van der Waals surface area contributed by atoms with Gasteiger partial charge in [0.1, 0.15) is 46.5 Å². The normalized spacial score (nSPS) is 10.5. The van der Waals surface area contributed by atoms with E-state index in [9.17, 15) is 14.7 Å². The molecule has 0 aliphatic rings. The molecule has 0 radical (unpaired) electrons. The first-order valence-electron chi connectivity index (χ1n) is 10.8. The zero-order valence-corrected chi connectivity index (χ0v) is 20.6. The van der Waals surface area contributed by atoms with Gasteiger partial charge in [-0.15, -0.1) is 0 Å². The molecule has 0 aliphatic heterocycles. The van der Waals surface area contributed by atoms with Crippen LogP contribution in [0.2, 0.25) is 0 Å². The number of carbonyl (C=O) groups excluding carboxylic acids is 2. The van der Waals surface area contributed by atoms with Crippen LogP contribution in [-0.4, -0.2) is 38.4 Å². The minimum atomic E-state index is -0.684. The van der Waals surface area contributed by atoms with Gasteiger partial charge in [-0.25, -0.2) is 9.59 Å². The van der Waals surface area contributed by atoms with Crippen LogP contribution in [-0.2, 0) is 11.3 Å². The maximum Gasteiger partial charge on any atom is 0.347 e. The number of esters is 2. The Kier molecular flexibility index (Phi) is 7.86. The Hall–Kier alpha value is -4.20. The van der Waals surface area contributed by atoms with Crippen molar-refractivity contribution in [2.45, 2.75) is 27.4 Å².